The first-order valence-electron chi connectivity index (χ1n) is 6.45. The Bertz CT molecular complexity index is 398. The molecule has 1 aromatic rings. The first-order chi connectivity index (χ1) is 8.72. The molecule has 0 radical (unpaired) electrons. The molecule has 1 saturated carbocycles. The van der Waals surface area contributed by atoms with E-state index in [1.54, 1.807) is 13.2 Å². The Balaban J connectivity index is 1.95. The van der Waals surface area contributed by atoms with Crippen LogP contribution in [0, 0.1) is 18.8 Å². The van der Waals surface area contributed by atoms with Crippen molar-refractivity contribution in [2.45, 2.75) is 26.2 Å². The molecule has 2 atom stereocenters. The predicted molar refractivity (Wildman–Crippen MR) is 68.7 cm³/mol. The lowest BCUT2D eigenvalue weighted by Gasteiger charge is -2.17. The Hall–Kier alpha value is -1.36. The molecule has 0 spiro atoms. The number of hydrogen-bond donors (Lipinski definition) is 1. The summed E-state index contributed by atoms with van der Waals surface area (Å²) in [7, 11) is 1.59. The highest BCUT2D eigenvalue weighted by atomic mass is 16.5. The van der Waals surface area contributed by atoms with Gasteiger partial charge in [0.05, 0.1) is 13.7 Å². The van der Waals surface area contributed by atoms with Crippen LogP contribution < -0.4 is 15.2 Å². The quantitative estimate of drug-likeness (QED) is 0.859. The molecule has 1 aliphatic rings. The average Bonchev–Trinajstić information content (AvgIpc) is 2.83. The van der Waals surface area contributed by atoms with E-state index < -0.39 is 0 Å². The van der Waals surface area contributed by atoms with Crippen molar-refractivity contribution in [3.8, 4) is 11.9 Å². The van der Waals surface area contributed by atoms with Crippen molar-refractivity contribution in [3.05, 3.63) is 11.8 Å². The fraction of sp³-hybridized carbons (Fsp3) is 0.692. The van der Waals surface area contributed by atoms with E-state index in [9.17, 15) is 0 Å². The monoisotopic (exact) mass is 251 g/mol. The minimum absolute atomic E-state index is 0.398. The maximum Gasteiger partial charge on any atom is 0.319 e. The maximum atomic E-state index is 5.76. The summed E-state index contributed by atoms with van der Waals surface area (Å²) >= 11 is 0. The molecule has 2 unspecified atom stereocenters. The van der Waals surface area contributed by atoms with Crippen molar-refractivity contribution >= 4 is 0 Å². The summed E-state index contributed by atoms with van der Waals surface area (Å²) < 4.78 is 10.8. The number of nitrogens with two attached hydrogens (primary N) is 1. The molecule has 0 amide bonds. The van der Waals surface area contributed by atoms with Crippen LogP contribution >= 0.6 is 0 Å². The Morgan fingerprint density at radius 2 is 2.11 bits per heavy atom. The van der Waals surface area contributed by atoms with Gasteiger partial charge in [0, 0.05) is 11.8 Å². The van der Waals surface area contributed by atoms with Crippen molar-refractivity contribution < 1.29 is 9.47 Å². The van der Waals surface area contributed by atoms with E-state index in [-0.39, 0.29) is 0 Å². The van der Waals surface area contributed by atoms with Gasteiger partial charge in [0.15, 0.2) is 0 Å². The van der Waals surface area contributed by atoms with Gasteiger partial charge in [-0.2, -0.15) is 4.98 Å². The van der Waals surface area contributed by atoms with Gasteiger partial charge >= 0.3 is 6.01 Å². The van der Waals surface area contributed by atoms with Gasteiger partial charge in [0.2, 0.25) is 5.88 Å². The Morgan fingerprint density at radius 1 is 1.33 bits per heavy atom. The minimum Gasteiger partial charge on any atom is -0.481 e. The van der Waals surface area contributed by atoms with E-state index in [4.69, 9.17) is 15.2 Å². The molecule has 1 aliphatic carbocycles. The third-order valence-electron chi connectivity index (χ3n) is 3.57. The van der Waals surface area contributed by atoms with Gasteiger partial charge in [-0.05, 0) is 38.1 Å². The maximum absolute atomic E-state index is 5.76. The topological polar surface area (TPSA) is 70.3 Å². The van der Waals surface area contributed by atoms with Gasteiger partial charge < -0.3 is 15.2 Å². The van der Waals surface area contributed by atoms with E-state index in [1.807, 2.05) is 6.92 Å². The molecule has 1 aromatic heterocycles. The van der Waals surface area contributed by atoms with Crippen molar-refractivity contribution in [2.75, 3.05) is 20.3 Å². The zero-order valence-electron chi connectivity index (χ0n) is 11.1. The van der Waals surface area contributed by atoms with Crippen LogP contribution in [0.5, 0.6) is 11.9 Å². The second kappa shape index (κ2) is 6.00. The van der Waals surface area contributed by atoms with Crippen molar-refractivity contribution in [3.63, 3.8) is 0 Å². The third-order valence-corrected chi connectivity index (χ3v) is 3.57. The minimum atomic E-state index is 0.398. The molecule has 0 bridgehead atoms. The zero-order chi connectivity index (χ0) is 13.0. The summed E-state index contributed by atoms with van der Waals surface area (Å²) in [5.41, 5.74) is 6.60. The summed E-state index contributed by atoms with van der Waals surface area (Å²) in [5.74, 6) is 1.65. The van der Waals surface area contributed by atoms with Crippen LogP contribution in [0.4, 0.5) is 0 Å². The number of hydrogen-bond acceptors (Lipinski definition) is 5. The first kappa shape index (κ1) is 13.1. The lowest BCUT2D eigenvalue weighted by atomic mass is 9.97. The Kier molecular flexibility index (Phi) is 4.36. The number of nitrogens with zero attached hydrogens (tertiary/aromatic N) is 2. The van der Waals surface area contributed by atoms with Crippen LogP contribution in [0.25, 0.3) is 0 Å². The summed E-state index contributed by atoms with van der Waals surface area (Å²) in [6.07, 6.45) is 3.64. The largest absolute Gasteiger partial charge is 0.481 e. The van der Waals surface area contributed by atoms with Crippen LogP contribution in [-0.4, -0.2) is 30.2 Å². The molecular formula is C13H21N3O2. The second-order valence-electron chi connectivity index (χ2n) is 4.83. The van der Waals surface area contributed by atoms with Gasteiger partial charge in [-0.1, -0.05) is 6.42 Å². The van der Waals surface area contributed by atoms with E-state index in [2.05, 4.69) is 9.97 Å². The molecule has 2 rings (SSSR count). The number of aryl methyl sites for hydroxylation is 1. The average molecular weight is 251 g/mol. The van der Waals surface area contributed by atoms with Gasteiger partial charge in [-0.25, -0.2) is 4.98 Å². The standard InChI is InChI=1S/C13H21N3O2/c1-9-6-12(17-2)16-13(15-9)18-8-11-5-3-4-10(11)7-14/h6,10-11H,3-5,7-8,14H2,1-2H3. The van der Waals surface area contributed by atoms with E-state index in [0.717, 1.165) is 12.2 Å². The lowest BCUT2D eigenvalue weighted by molar-refractivity contribution is 0.200. The van der Waals surface area contributed by atoms with Crippen LogP contribution in [-0.2, 0) is 0 Å². The van der Waals surface area contributed by atoms with Crippen LogP contribution in [0.15, 0.2) is 6.07 Å². The summed E-state index contributed by atoms with van der Waals surface area (Å²) in [6.45, 7) is 3.29. The molecule has 1 fully saturated rings. The Morgan fingerprint density at radius 3 is 2.83 bits per heavy atom. The third kappa shape index (κ3) is 3.10. The molecule has 0 saturated heterocycles. The van der Waals surface area contributed by atoms with Crippen molar-refractivity contribution in [1.29, 1.82) is 0 Å². The summed E-state index contributed by atoms with van der Waals surface area (Å²) in [4.78, 5) is 8.43. The number of ether oxygens (including phenoxy) is 2. The van der Waals surface area contributed by atoms with E-state index >= 15 is 0 Å². The molecule has 1 heterocycles. The SMILES string of the molecule is COc1cc(C)nc(OCC2CCCC2CN)n1. The molecule has 5 nitrogen and oxygen atoms in total. The van der Waals surface area contributed by atoms with Gasteiger partial charge in [-0.15, -0.1) is 0 Å². The lowest BCUT2D eigenvalue weighted by Crippen LogP contribution is -2.23. The highest BCUT2D eigenvalue weighted by Gasteiger charge is 2.26. The zero-order valence-corrected chi connectivity index (χ0v) is 11.1. The van der Waals surface area contributed by atoms with Crippen molar-refractivity contribution in [2.24, 2.45) is 17.6 Å². The van der Waals surface area contributed by atoms with Crippen LogP contribution in [0.1, 0.15) is 25.0 Å². The predicted octanol–water partition coefficient (Wildman–Crippen LogP) is 1.55. The summed E-state index contributed by atoms with van der Waals surface area (Å²) in [5, 5.41) is 0. The Labute approximate surface area is 108 Å². The number of aromatic nitrogens is 2. The molecule has 0 aromatic carbocycles. The van der Waals surface area contributed by atoms with E-state index in [1.165, 1.54) is 19.3 Å². The highest BCUT2D eigenvalue weighted by Crippen LogP contribution is 2.31. The fourth-order valence-electron chi connectivity index (χ4n) is 2.51. The molecule has 5 heteroatoms. The highest BCUT2D eigenvalue weighted by molar-refractivity contribution is 5.17. The molecular weight excluding hydrogens is 230 g/mol. The molecule has 100 valence electrons. The summed E-state index contributed by atoms with van der Waals surface area (Å²) in [6, 6.07) is 2.18. The van der Waals surface area contributed by atoms with E-state index in [0.29, 0.717) is 30.3 Å². The smallest absolute Gasteiger partial charge is 0.319 e. The van der Waals surface area contributed by atoms with Crippen LogP contribution in [0.2, 0.25) is 0 Å². The molecule has 2 N–H and O–H groups in total. The van der Waals surface area contributed by atoms with Gasteiger partial charge in [0.25, 0.3) is 0 Å². The fourth-order valence-corrected chi connectivity index (χ4v) is 2.51. The van der Waals surface area contributed by atoms with Gasteiger partial charge in [0.1, 0.15) is 0 Å². The number of rotatable bonds is 5. The normalized spacial score (nSPS) is 23.1. The molecule has 18 heavy (non-hydrogen) atoms. The number of methoxy groups -OCH3 is 1. The van der Waals surface area contributed by atoms with Crippen molar-refractivity contribution in [1.82, 2.24) is 9.97 Å². The first-order valence-corrected chi connectivity index (χ1v) is 6.45. The molecule has 0 aliphatic heterocycles. The van der Waals surface area contributed by atoms with Gasteiger partial charge in [-0.3, -0.25) is 0 Å². The second-order valence-corrected chi connectivity index (χ2v) is 4.83. The van der Waals surface area contributed by atoms with Crippen LogP contribution in [0.3, 0.4) is 0 Å².